The molecule has 0 spiro atoms. The molecule has 0 fully saturated rings. The van der Waals surface area contributed by atoms with E-state index in [4.69, 9.17) is 9.47 Å². The van der Waals surface area contributed by atoms with Crippen molar-refractivity contribution in [3.63, 3.8) is 0 Å². The molecule has 41 heavy (non-hydrogen) atoms. The Morgan fingerprint density at radius 1 is 0.976 bits per heavy atom. The van der Waals surface area contributed by atoms with E-state index in [-0.39, 0.29) is 5.75 Å². The summed E-state index contributed by atoms with van der Waals surface area (Å²) in [5, 5.41) is 5.18. The first-order valence-corrected chi connectivity index (χ1v) is 14.4. The highest BCUT2D eigenvalue weighted by Crippen LogP contribution is 2.35. The molecule has 2 N–H and O–H groups in total. The minimum atomic E-state index is -0.567. The van der Waals surface area contributed by atoms with E-state index < -0.39 is 11.9 Å². The maximum Gasteiger partial charge on any atom is 0.343 e. The lowest BCUT2D eigenvalue weighted by Crippen LogP contribution is -2.19. The molecule has 0 aliphatic heterocycles. The van der Waals surface area contributed by atoms with Gasteiger partial charge in [0, 0.05) is 26.5 Å². The molecule has 0 unspecified atom stereocenters. The number of benzene rings is 4. The summed E-state index contributed by atoms with van der Waals surface area (Å²) in [6, 6.07) is 26.0. The van der Waals surface area contributed by atoms with Gasteiger partial charge in [-0.05, 0) is 63.8 Å². The molecule has 0 radical (unpaired) electrons. The highest BCUT2D eigenvalue weighted by Gasteiger charge is 2.21. The Morgan fingerprint density at radius 3 is 2.51 bits per heavy atom. The molecular weight excluding hydrogens is 650 g/mol. The Balaban J connectivity index is 1.45. The van der Waals surface area contributed by atoms with Crippen LogP contribution in [0.1, 0.15) is 38.9 Å². The molecular formula is C32H25Br2N3O4. The van der Waals surface area contributed by atoms with Gasteiger partial charge >= 0.3 is 5.97 Å². The molecule has 5 rings (SSSR count). The smallest absolute Gasteiger partial charge is 0.343 e. The number of aryl methyl sites for hydroxylation is 1. The third-order valence-electron chi connectivity index (χ3n) is 6.50. The van der Waals surface area contributed by atoms with E-state index >= 15 is 0 Å². The molecule has 206 valence electrons. The van der Waals surface area contributed by atoms with Crippen LogP contribution < -0.4 is 14.9 Å². The van der Waals surface area contributed by atoms with Crippen LogP contribution in [0.5, 0.6) is 11.5 Å². The van der Waals surface area contributed by atoms with Crippen LogP contribution in [0, 0.1) is 0 Å². The Labute approximate surface area is 253 Å². The monoisotopic (exact) mass is 673 g/mol. The summed E-state index contributed by atoms with van der Waals surface area (Å²) >= 11 is 6.93. The van der Waals surface area contributed by atoms with Gasteiger partial charge in [-0.2, -0.15) is 5.10 Å². The highest BCUT2D eigenvalue weighted by molar-refractivity contribution is 9.11. The fourth-order valence-electron chi connectivity index (χ4n) is 4.55. The number of para-hydroxylation sites is 1. The lowest BCUT2D eigenvalue weighted by atomic mass is 10.00. The second-order valence-corrected chi connectivity index (χ2v) is 10.8. The van der Waals surface area contributed by atoms with Crippen molar-refractivity contribution in [1.82, 2.24) is 10.4 Å². The molecule has 0 aliphatic carbocycles. The average molecular weight is 675 g/mol. The van der Waals surface area contributed by atoms with Gasteiger partial charge in [-0.25, -0.2) is 10.2 Å². The van der Waals surface area contributed by atoms with Crippen molar-refractivity contribution < 1.29 is 19.1 Å². The number of amides is 1. The van der Waals surface area contributed by atoms with Gasteiger partial charge in [-0.15, -0.1) is 0 Å². The van der Waals surface area contributed by atoms with Crippen LogP contribution >= 0.6 is 31.9 Å². The standard InChI is InChI=1S/C32H25Br2N3O4/c1-3-19-11-8-14-25-27(20-9-5-4-6-10-20)29(36-28(19)25)31(38)37-35-18-22-15-23(33)17-26(34)30(22)41-32(39)21-12-7-13-24(16-21)40-2/h4-18,36H,3H2,1-2H3,(H,37,38). The Morgan fingerprint density at radius 2 is 1.76 bits per heavy atom. The number of aromatic amines is 1. The van der Waals surface area contributed by atoms with E-state index in [2.05, 4.69) is 54.3 Å². The molecule has 1 heterocycles. The number of rotatable bonds is 8. The number of methoxy groups -OCH3 is 1. The first-order valence-electron chi connectivity index (χ1n) is 12.8. The van der Waals surface area contributed by atoms with Gasteiger partial charge in [0.15, 0.2) is 5.75 Å². The summed E-state index contributed by atoms with van der Waals surface area (Å²) in [5.74, 6) is -0.177. The molecule has 0 saturated heterocycles. The fraction of sp³-hybridized carbons (Fsp3) is 0.0938. The molecule has 9 heteroatoms. The van der Waals surface area contributed by atoms with Crippen molar-refractivity contribution in [3.05, 3.63) is 116 Å². The average Bonchev–Trinajstić information content (AvgIpc) is 3.39. The van der Waals surface area contributed by atoms with Gasteiger partial charge in [-0.1, -0.05) is 77.5 Å². The minimum Gasteiger partial charge on any atom is -0.497 e. The number of nitrogens with one attached hydrogen (secondary N) is 2. The number of H-pyrrole nitrogens is 1. The Bertz CT molecular complexity index is 1780. The van der Waals surface area contributed by atoms with Crippen LogP contribution in [0.3, 0.4) is 0 Å². The molecule has 0 aliphatic rings. The van der Waals surface area contributed by atoms with Gasteiger partial charge in [0.05, 0.1) is 23.4 Å². The van der Waals surface area contributed by atoms with Crippen molar-refractivity contribution in [2.45, 2.75) is 13.3 Å². The normalized spacial score (nSPS) is 11.1. The first kappa shape index (κ1) is 28.3. The quantitative estimate of drug-likeness (QED) is 0.0757. The summed E-state index contributed by atoms with van der Waals surface area (Å²) in [5.41, 5.74) is 7.60. The maximum absolute atomic E-state index is 13.5. The number of fused-ring (bicyclic) bond motifs is 1. The molecule has 0 bridgehead atoms. The van der Waals surface area contributed by atoms with Crippen molar-refractivity contribution in [2.24, 2.45) is 5.10 Å². The number of aromatic nitrogens is 1. The topological polar surface area (TPSA) is 92.8 Å². The van der Waals surface area contributed by atoms with Crippen LogP contribution in [0.2, 0.25) is 0 Å². The Kier molecular flexibility index (Phi) is 8.66. The largest absolute Gasteiger partial charge is 0.497 e. The predicted molar refractivity (Wildman–Crippen MR) is 168 cm³/mol. The van der Waals surface area contributed by atoms with E-state index in [0.29, 0.717) is 27.0 Å². The lowest BCUT2D eigenvalue weighted by Gasteiger charge is -2.11. The summed E-state index contributed by atoms with van der Waals surface area (Å²) in [4.78, 5) is 29.7. The van der Waals surface area contributed by atoms with Crippen LogP contribution in [0.15, 0.2) is 99.0 Å². The van der Waals surface area contributed by atoms with Crippen molar-refractivity contribution in [3.8, 4) is 22.6 Å². The second kappa shape index (κ2) is 12.5. The summed E-state index contributed by atoms with van der Waals surface area (Å²) in [6.45, 7) is 2.08. The first-order chi connectivity index (χ1) is 19.9. The third-order valence-corrected chi connectivity index (χ3v) is 7.54. The molecule has 1 amide bonds. The zero-order valence-electron chi connectivity index (χ0n) is 22.2. The van der Waals surface area contributed by atoms with E-state index in [1.807, 2.05) is 48.5 Å². The molecule has 4 aromatic carbocycles. The number of hydrogen-bond donors (Lipinski definition) is 2. The SMILES string of the molecule is CCc1cccc2c(-c3ccccc3)c(C(=O)NN=Cc3cc(Br)cc(Br)c3OC(=O)c3cccc(OC)c3)[nH]c12. The highest BCUT2D eigenvalue weighted by atomic mass is 79.9. The number of carbonyl (C=O) groups is 2. The molecule has 1 aromatic heterocycles. The number of halogens is 2. The molecule has 0 saturated carbocycles. The van der Waals surface area contributed by atoms with E-state index in [1.54, 1.807) is 36.4 Å². The Hall–Kier alpha value is -4.21. The zero-order valence-corrected chi connectivity index (χ0v) is 25.4. The van der Waals surface area contributed by atoms with Crippen molar-refractivity contribution in [2.75, 3.05) is 7.11 Å². The van der Waals surface area contributed by atoms with Crippen molar-refractivity contribution >= 4 is 60.9 Å². The third kappa shape index (κ3) is 6.11. The lowest BCUT2D eigenvalue weighted by molar-refractivity contribution is 0.0732. The van der Waals surface area contributed by atoms with Crippen LogP contribution in [-0.4, -0.2) is 30.2 Å². The molecule has 5 aromatic rings. The van der Waals surface area contributed by atoms with E-state index in [0.717, 1.165) is 38.5 Å². The number of ether oxygens (including phenoxy) is 2. The fourth-order valence-corrected chi connectivity index (χ4v) is 5.89. The van der Waals surface area contributed by atoms with Gasteiger partial charge in [0.25, 0.3) is 5.91 Å². The number of hydrazone groups is 1. The summed E-state index contributed by atoms with van der Waals surface area (Å²) in [6.07, 6.45) is 2.25. The zero-order chi connectivity index (χ0) is 28.9. The van der Waals surface area contributed by atoms with Gasteiger partial charge < -0.3 is 14.5 Å². The summed E-state index contributed by atoms with van der Waals surface area (Å²) < 4.78 is 12.2. The van der Waals surface area contributed by atoms with Gasteiger partial charge in [0.1, 0.15) is 11.4 Å². The van der Waals surface area contributed by atoms with E-state index in [1.165, 1.54) is 13.3 Å². The number of nitrogens with zero attached hydrogens (tertiary/aromatic N) is 1. The van der Waals surface area contributed by atoms with E-state index in [9.17, 15) is 9.59 Å². The predicted octanol–water partition coefficient (Wildman–Crippen LogP) is 7.91. The minimum absolute atomic E-state index is 0.252. The molecule has 0 atom stereocenters. The van der Waals surface area contributed by atoms with Crippen LogP contribution in [0.25, 0.3) is 22.0 Å². The second-order valence-electron chi connectivity index (χ2n) is 9.06. The maximum atomic E-state index is 13.5. The van der Waals surface area contributed by atoms with Crippen LogP contribution in [0.4, 0.5) is 0 Å². The van der Waals surface area contributed by atoms with Crippen LogP contribution in [-0.2, 0) is 6.42 Å². The molecule has 7 nitrogen and oxygen atoms in total. The number of hydrogen-bond acceptors (Lipinski definition) is 5. The number of carbonyl (C=O) groups excluding carboxylic acids is 2. The summed E-state index contributed by atoms with van der Waals surface area (Å²) in [7, 11) is 1.53. The van der Waals surface area contributed by atoms with Gasteiger partial charge in [-0.3, -0.25) is 4.79 Å². The van der Waals surface area contributed by atoms with Gasteiger partial charge in [0.2, 0.25) is 0 Å². The van der Waals surface area contributed by atoms with Crippen molar-refractivity contribution in [1.29, 1.82) is 0 Å². The number of esters is 1.